The largest absolute Gasteiger partial charge is 0.497 e. The average molecular weight is 636 g/mol. The summed E-state index contributed by atoms with van der Waals surface area (Å²) in [6.07, 6.45) is 4.38. The fourth-order valence-corrected chi connectivity index (χ4v) is 7.08. The Morgan fingerprint density at radius 2 is 1.57 bits per heavy atom. The molecule has 2 saturated heterocycles. The predicted octanol–water partition coefficient (Wildman–Crippen LogP) is 6.86. The van der Waals surface area contributed by atoms with Gasteiger partial charge in [-0.1, -0.05) is 47.5 Å². The molecule has 0 unspecified atom stereocenters. The van der Waals surface area contributed by atoms with E-state index in [1.807, 2.05) is 85.5 Å². The van der Waals surface area contributed by atoms with E-state index >= 15 is 4.79 Å². The maximum atomic E-state index is 15.1. The van der Waals surface area contributed by atoms with Gasteiger partial charge >= 0.3 is 0 Å². The molecule has 9 heteroatoms. The van der Waals surface area contributed by atoms with E-state index in [9.17, 15) is 0 Å². The maximum Gasteiger partial charge on any atom is 0.255 e. The monoisotopic (exact) mass is 634 g/mol. The first-order chi connectivity index (χ1) is 21.3. The summed E-state index contributed by atoms with van der Waals surface area (Å²) >= 11 is 12.7. The number of rotatable bonds is 8. The summed E-state index contributed by atoms with van der Waals surface area (Å²) in [7, 11) is 1.63. The first-order valence-electron chi connectivity index (χ1n) is 15.5. The van der Waals surface area contributed by atoms with Crippen LogP contribution >= 0.6 is 23.2 Å². The van der Waals surface area contributed by atoms with E-state index in [1.165, 1.54) is 12.8 Å². The van der Waals surface area contributed by atoms with Crippen molar-refractivity contribution in [2.75, 3.05) is 33.3 Å². The zero-order valence-corrected chi connectivity index (χ0v) is 27.1. The minimum Gasteiger partial charge on any atom is -0.497 e. The number of carbonyl (C=O) groups excluding carboxylic acids is 1. The topological polar surface area (TPSA) is 66.4 Å². The van der Waals surface area contributed by atoms with E-state index in [2.05, 4.69) is 10.2 Å². The van der Waals surface area contributed by atoms with Crippen LogP contribution in [0.3, 0.4) is 0 Å². The van der Waals surface area contributed by atoms with Crippen LogP contribution in [0.1, 0.15) is 62.3 Å². The first kappa shape index (κ1) is 30.8. The zero-order valence-electron chi connectivity index (χ0n) is 25.6. The van der Waals surface area contributed by atoms with Crippen molar-refractivity contribution in [2.24, 2.45) is 4.99 Å². The highest BCUT2D eigenvalue weighted by Gasteiger charge is 2.55. The van der Waals surface area contributed by atoms with E-state index < -0.39 is 11.6 Å². The summed E-state index contributed by atoms with van der Waals surface area (Å²) in [4.78, 5) is 25.0. The predicted molar refractivity (Wildman–Crippen MR) is 176 cm³/mol. The molecular formula is C35H40Cl2N4O3. The number of amides is 1. The van der Waals surface area contributed by atoms with Crippen LogP contribution in [-0.2, 0) is 10.3 Å². The summed E-state index contributed by atoms with van der Waals surface area (Å²) < 4.78 is 11.8. The van der Waals surface area contributed by atoms with Crippen LogP contribution in [-0.4, -0.2) is 67.0 Å². The lowest BCUT2D eigenvalue weighted by Crippen LogP contribution is -2.59. The number of aliphatic imine (C=N–C) groups is 1. The third-order valence-electron chi connectivity index (χ3n) is 9.02. The lowest BCUT2D eigenvalue weighted by atomic mass is 9.78. The van der Waals surface area contributed by atoms with Crippen molar-refractivity contribution in [3.63, 3.8) is 0 Å². The molecule has 0 saturated carbocycles. The van der Waals surface area contributed by atoms with Crippen LogP contribution in [0.4, 0.5) is 0 Å². The highest BCUT2D eigenvalue weighted by molar-refractivity contribution is 6.30. The minimum atomic E-state index is -1.22. The molecule has 1 N–H and O–H groups in total. The summed E-state index contributed by atoms with van der Waals surface area (Å²) in [5.74, 6) is 1.89. The normalized spacial score (nSPS) is 22.6. The van der Waals surface area contributed by atoms with Crippen molar-refractivity contribution < 1.29 is 14.3 Å². The number of piperidine rings is 1. The van der Waals surface area contributed by atoms with Gasteiger partial charge in [-0.2, -0.15) is 0 Å². The van der Waals surface area contributed by atoms with Crippen molar-refractivity contribution in [1.82, 2.24) is 15.1 Å². The van der Waals surface area contributed by atoms with E-state index in [1.54, 1.807) is 7.11 Å². The van der Waals surface area contributed by atoms with Gasteiger partial charge in [-0.05, 0) is 100 Å². The van der Waals surface area contributed by atoms with Gasteiger partial charge in [-0.3, -0.25) is 9.79 Å². The number of likely N-dealkylation sites (tertiary alicyclic amines) is 2. The molecule has 0 aromatic heterocycles. The number of nitrogens with zero attached hydrogens (tertiary/aromatic N) is 3. The van der Waals surface area contributed by atoms with Crippen LogP contribution < -0.4 is 14.8 Å². The lowest BCUT2D eigenvalue weighted by Gasteiger charge is -2.42. The van der Waals surface area contributed by atoms with Crippen molar-refractivity contribution >= 4 is 34.9 Å². The van der Waals surface area contributed by atoms with Crippen LogP contribution in [0.2, 0.25) is 10.0 Å². The van der Waals surface area contributed by atoms with E-state index in [0.29, 0.717) is 46.5 Å². The minimum absolute atomic E-state index is 0.00164. The van der Waals surface area contributed by atoms with Gasteiger partial charge in [-0.15, -0.1) is 0 Å². The Morgan fingerprint density at radius 3 is 2.18 bits per heavy atom. The number of nitrogens with one attached hydrogen (secondary N) is 1. The number of hydrogen-bond acceptors (Lipinski definition) is 6. The highest BCUT2D eigenvalue weighted by atomic mass is 35.5. The number of carbonyl (C=O) groups is 1. The molecule has 44 heavy (non-hydrogen) atoms. The molecule has 6 rings (SSSR count). The second kappa shape index (κ2) is 13.0. The molecule has 2 fully saturated rings. The molecule has 3 aliphatic heterocycles. The number of hydrogen-bond donors (Lipinski definition) is 1. The number of methoxy groups -OCH3 is 1. The molecule has 3 aliphatic rings. The standard InChI is InChI=1S/C35H40Cl2N4O3/c1-23(2)44-31-22-29(43-3)14-15-30(31)33-38-32(24-6-10-26(36)11-7-24)35(39-33,25-8-12-27(37)13-9-25)34(42)41-20-16-28(17-21-41)40-18-4-5-19-40/h6-15,22-23,28,32H,4-5,16-21H2,1-3H3,(H,38,39)/t32-,35+/m1/s1. The van der Waals surface area contributed by atoms with E-state index in [-0.39, 0.29) is 12.0 Å². The molecule has 232 valence electrons. The number of amidine groups is 1. The molecule has 7 nitrogen and oxygen atoms in total. The van der Waals surface area contributed by atoms with Gasteiger partial charge in [0.25, 0.3) is 5.91 Å². The van der Waals surface area contributed by atoms with Gasteiger partial charge in [0.15, 0.2) is 5.54 Å². The van der Waals surface area contributed by atoms with Gasteiger partial charge < -0.3 is 24.6 Å². The molecule has 0 spiro atoms. The molecule has 2 atom stereocenters. The fraction of sp³-hybridized carbons (Fsp3) is 0.429. The Morgan fingerprint density at radius 1 is 0.932 bits per heavy atom. The summed E-state index contributed by atoms with van der Waals surface area (Å²) in [5, 5.41) is 4.91. The Balaban J connectivity index is 1.45. The number of benzene rings is 3. The first-order valence-corrected chi connectivity index (χ1v) is 16.3. The van der Waals surface area contributed by atoms with Crippen LogP contribution in [0, 0.1) is 0 Å². The molecular weight excluding hydrogens is 595 g/mol. The number of halogens is 2. The van der Waals surface area contributed by atoms with Gasteiger partial charge in [-0.25, -0.2) is 0 Å². The van der Waals surface area contributed by atoms with Crippen LogP contribution in [0.25, 0.3) is 0 Å². The van der Waals surface area contributed by atoms with Crippen molar-refractivity contribution in [3.05, 3.63) is 93.5 Å². The van der Waals surface area contributed by atoms with E-state index in [4.69, 9.17) is 37.7 Å². The quantitative estimate of drug-likeness (QED) is 0.293. The highest BCUT2D eigenvalue weighted by Crippen LogP contribution is 2.46. The van der Waals surface area contributed by atoms with Gasteiger partial charge in [0.1, 0.15) is 23.4 Å². The van der Waals surface area contributed by atoms with Gasteiger partial charge in [0, 0.05) is 35.2 Å². The number of ether oxygens (including phenoxy) is 2. The van der Waals surface area contributed by atoms with Crippen LogP contribution in [0.5, 0.6) is 11.5 Å². The molecule has 0 bridgehead atoms. The Hall–Kier alpha value is -3.26. The van der Waals surface area contributed by atoms with Crippen molar-refractivity contribution in [1.29, 1.82) is 0 Å². The smallest absolute Gasteiger partial charge is 0.255 e. The molecule has 3 aromatic carbocycles. The molecule has 0 aliphatic carbocycles. The molecule has 3 aromatic rings. The maximum absolute atomic E-state index is 15.1. The van der Waals surface area contributed by atoms with Crippen molar-refractivity contribution in [2.45, 2.75) is 63.3 Å². The lowest BCUT2D eigenvalue weighted by molar-refractivity contribution is -0.140. The molecule has 3 heterocycles. The summed E-state index contributed by atoms with van der Waals surface area (Å²) in [5.41, 5.74) is 1.22. The molecule has 0 radical (unpaired) electrons. The molecule has 1 amide bonds. The second-order valence-corrected chi connectivity index (χ2v) is 13.0. The third kappa shape index (κ3) is 6.02. The third-order valence-corrected chi connectivity index (χ3v) is 9.53. The van der Waals surface area contributed by atoms with Crippen LogP contribution in [0.15, 0.2) is 71.7 Å². The van der Waals surface area contributed by atoms with Crippen molar-refractivity contribution in [3.8, 4) is 11.5 Å². The Kier molecular flexibility index (Phi) is 9.08. The van der Waals surface area contributed by atoms with Gasteiger partial charge in [0.05, 0.1) is 18.8 Å². The van der Waals surface area contributed by atoms with Gasteiger partial charge in [0.2, 0.25) is 0 Å². The second-order valence-electron chi connectivity index (χ2n) is 12.2. The Labute approximate surface area is 270 Å². The average Bonchev–Trinajstić information content (AvgIpc) is 3.71. The zero-order chi connectivity index (χ0) is 30.8. The Bertz CT molecular complexity index is 1500. The SMILES string of the molecule is COc1ccc(C2=N[C@H](c3ccc(Cl)cc3)[C@](C(=O)N3CCC(N4CCCC4)CC3)(c3ccc(Cl)cc3)N2)c(OC(C)C)c1. The fourth-order valence-electron chi connectivity index (χ4n) is 6.82. The summed E-state index contributed by atoms with van der Waals surface area (Å²) in [6.45, 7) is 7.68. The van der Waals surface area contributed by atoms with E-state index in [0.717, 1.165) is 42.6 Å². The summed E-state index contributed by atoms with van der Waals surface area (Å²) in [6, 6.07) is 20.8.